The average Bonchev–Trinajstić information content (AvgIpc) is 3.41. The number of hydrogen-bond acceptors (Lipinski definition) is 6. The fourth-order valence-electron chi connectivity index (χ4n) is 3.64. The molecule has 2 aromatic heterocycles. The van der Waals surface area contributed by atoms with Gasteiger partial charge < -0.3 is 19.7 Å². The molecule has 30 heavy (non-hydrogen) atoms. The molecule has 0 saturated carbocycles. The first-order valence-corrected chi connectivity index (χ1v) is 10.3. The second-order valence-electron chi connectivity index (χ2n) is 6.97. The van der Waals surface area contributed by atoms with E-state index in [-0.39, 0.29) is 23.5 Å². The number of nitrogens with zero attached hydrogens (tertiary/aromatic N) is 4. The first kappa shape index (κ1) is 20.2. The smallest absolute Gasteiger partial charge is 0.355 e. The highest BCUT2D eigenvalue weighted by Crippen LogP contribution is 2.37. The van der Waals surface area contributed by atoms with Crippen molar-refractivity contribution in [3.8, 4) is 22.0 Å². The van der Waals surface area contributed by atoms with Gasteiger partial charge in [-0.25, -0.2) is 19.2 Å². The minimum atomic E-state index is -1.11. The summed E-state index contributed by atoms with van der Waals surface area (Å²) >= 11 is 1.21. The molecule has 1 aliphatic rings. The zero-order valence-electron chi connectivity index (χ0n) is 15.9. The zero-order valence-corrected chi connectivity index (χ0v) is 16.7. The van der Waals surface area contributed by atoms with Crippen molar-refractivity contribution in [3.05, 3.63) is 47.5 Å². The Morgan fingerprint density at radius 1 is 1.20 bits per heavy atom. The SMILES string of the molecule is O=C(O)c1csc(-c2c(-c3ccc(F)cc3)ncn2C2CCN(C(=O)CO)CC2)n1. The van der Waals surface area contributed by atoms with Crippen LogP contribution in [0.25, 0.3) is 22.0 Å². The summed E-state index contributed by atoms with van der Waals surface area (Å²) in [6.45, 7) is 0.504. The number of piperidine rings is 1. The minimum Gasteiger partial charge on any atom is -0.476 e. The number of likely N-dealkylation sites (tertiary alicyclic amines) is 1. The van der Waals surface area contributed by atoms with Gasteiger partial charge in [-0.2, -0.15) is 0 Å². The number of benzene rings is 1. The molecule has 0 atom stereocenters. The summed E-state index contributed by atoms with van der Waals surface area (Å²) in [7, 11) is 0. The van der Waals surface area contributed by atoms with Crippen molar-refractivity contribution in [1.29, 1.82) is 0 Å². The number of aliphatic hydroxyl groups is 1. The number of thiazole rings is 1. The second-order valence-corrected chi connectivity index (χ2v) is 7.83. The van der Waals surface area contributed by atoms with E-state index < -0.39 is 12.6 Å². The third-order valence-corrected chi connectivity index (χ3v) is 6.03. The van der Waals surface area contributed by atoms with Crippen molar-refractivity contribution in [1.82, 2.24) is 19.4 Å². The Bertz CT molecular complexity index is 1070. The van der Waals surface area contributed by atoms with Gasteiger partial charge in [-0.3, -0.25) is 4.79 Å². The fourth-order valence-corrected chi connectivity index (χ4v) is 4.48. The molecule has 0 unspecified atom stereocenters. The summed E-state index contributed by atoms with van der Waals surface area (Å²) < 4.78 is 15.4. The van der Waals surface area contributed by atoms with Crippen LogP contribution in [0.3, 0.4) is 0 Å². The molecule has 1 amide bonds. The fraction of sp³-hybridized carbons (Fsp3) is 0.300. The standard InChI is InChI=1S/C20H19FN4O4S/c21-13-3-1-12(2-4-13)17-18(19-23-15(10-30-19)20(28)29)25(11-22-17)14-5-7-24(8-6-14)16(27)9-26/h1-4,10-11,14,26H,5-9H2,(H,28,29). The van der Waals surface area contributed by atoms with Gasteiger partial charge in [-0.05, 0) is 37.1 Å². The summed E-state index contributed by atoms with van der Waals surface area (Å²) in [5.74, 6) is -1.76. The van der Waals surface area contributed by atoms with Crippen LogP contribution in [0.2, 0.25) is 0 Å². The average molecular weight is 430 g/mol. The van der Waals surface area contributed by atoms with Crippen molar-refractivity contribution >= 4 is 23.2 Å². The Balaban J connectivity index is 1.73. The van der Waals surface area contributed by atoms with E-state index in [1.807, 2.05) is 4.57 Å². The number of amides is 1. The maximum atomic E-state index is 13.4. The molecule has 8 nitrogen and oxygen atoms in total. The molecule has 3 aromatic rings. The Labute approximate surface area is 175 Å². The molecule has 2 N–H and O–H groups in total. The van der Waals surface area contributed by atoms with Crippen LogP contribution in [0.5, 0.6) is 0 Å². The highest BCUT2D eigenvalue weighted by Gasteiger charge is 2.28. The largest absolute Gasteiger partial charge is 0.476 e. The molecule has 0 spiro atoms. The van der Waals surface area contributed by atoms with Gasteiger partial charge in [0.2, 0.25) is 5.91 Å². The number of aromatic nitrogens is 3. The molecule has 0 aliphatic carbocycles. The lowest BCUT2D eigenvalue weighted by Crippen LogP contribution is -2.40. The lowest BCUT2D eigenvalue weighted by atomic mass is 10.0. The van der Waals surface area contributed by atoms with Crippen molar-refractivity contribution in [2.75, 3.05) is 19.7 Å². The zero-order chi connectivity index (χ0) is 21.3. The summed E-state index contributed by atoms with van der Waals surface area (Å²) in [6, 6.07) is 5.98. The maximum Gasteiger partial charge on any atom is 0.355 e. The van der Waals surface area contributed by atoms with E-state index in [1.165, 1.54) is 28.8 Å². The van der Waals surface area contributed by atoms with Gasteiger partial charge in [0.1, 0.15) is 23.1 Å². The predicted molar refractivity (Wildman–Crippen MR) is 108 cm³/mol. The number of rotatable bonds is 5. The Morgan fingerprint density at radius 2 is 1.90 bits per heavy atom. The van der Waals surface area contributed by atoms with Gasteiger partial charge in [0.15, 0.2) is 5.69 Å². The minimum absolute atomic E-state index is 0.0293. The normalized spacial score (nSPS) is 14.8. The molecule has 1 aliphatic heterocycles. The van der Waals surface area contributed by atoms with Crippen LogP contribution in [0.15, 0.2) is 36.0 Å². The Morgan fingerprint density at radius 3 is 2.50 bits per heavy atom. The van der Waals surface area contributed by atoms with E-state index in [0.717, 1.165) is 0 Å². The Hall–Kier alpha value is -3.11. The topological polar surface area (TPSA) is 109 Å². The van der Waals surface area contributed by atoms with E-state index in [1.54, 1.807) is 23.4 Å². The van der Waals surface area contributed by atoms with E-state index >= 15 is 0 Å². The van der Waals surface area contributed by atoms with Gasteiger partial charge >= 0.3 is 5.97 Å². The van der Waals surface area contributed by atoms with Crippen molar-refractivity contribution in [2.45, 2.75) is 18.9 Å². The van der Waals surface area contributed by atoms with Crippen LogP contribution in [-0.4, -0.2) is 61.2 Å². The molecule has 1 saturated heterocycles. The summed E-state index contributed by atoms with van der Waals surface area (Å²) in [4.78, 5) is 33.5. The number of imidazole rings is 1. The molecule has 0 radical (unpaired) electrons. The summed E-state index contributed by atoms with van der Waals surface area (Å²) in [6.07, 6.45) is 3.01. The highest BCUT2D eigenvalue weighted by atomic mass is 32.1. The third-order valence-electron chi connectivity index (χ3n) is 5.18. The molecule has 156 valence electrons. The molecule has 10 heteroatoms. The molecule has 0 bridgehead atoms. The second kappa shape index (κ2) is 8.33. The van der Waals surface area contributed by atoms with Crippen molar-refractivity contribution in [3.63, 3.8) is 0 Å². The molecule has 3 heterocycles. The summed E-state index contributed by atoms with van der Waals surface area (Å²) in [5.41, 5.74) is 1.92. The predicted octanol–water partition coefficient (Wildman–Crippen LogP) is 2.67. The van der Waals surface area contributed by atoms with Gasteiger partial charge in [-0.1, -0.05) is 0 Å². The van der Waals surface area contributed by atoms with Crippen LogP contribution in [0, 0.1) is 5.82 Å². The number of carboxylic acids is 1. The third kappa shape index (κ3) is 3.83. The number of carbonyl (C=O) groups is 2. The molecule has 1 aromatic carbocycles. The monoisotopic (exact) mass is 430 g/mol. The lowest BCUT2D eigenvalue weighted by Gasteiger charge is -2.32. The maximum absolute atomic E-state index is 13.4. The van der Waals surface area contributed by atoms with E-state index in [4.69, 9.17) is 5.11 Å². The van der Waals surface area contributed by atoms with Gasteiger partial charge in [0, 0.05) is 30.1 Å². The molecular weight excluding hydrogens is 411 g/mol. The summed E-state index contributed by atoms with van der Waals surface area (Å²) in [5, 5.41) is 20.3. The van der Waals surface area contributed by atoms with Gasteiger partial charge in [-0.15, -0.1) is 11.3 Å². The van der Waals surface area contributed by atoms with Gasteiger partial charge in [0.05, 0.1) is 12.0 Å². The van der Waals surface area contributed by atoms with E-state index in [2.05, 4.69) is 9.97 Å². The molecular formula is C20H19FN4O4S. The van der Waals surface area contributed by atoms with E-state index in [0.29, 0.717) is 47.9 Å². The number of hydrogen-bond donors (Lipinski definition) is 2. The lowest BCUT2D eigenvalue weighted by molar-refractivity contribution is -0.135. The number of aliphatic hydroxyl groups excluding tert-OH is 1. The number of carboxylic acid groups (broad SMARTS) is 1. The van der Waals surface area contributed by atoms with Crippen molar-refractivity contribution < 1.29 is 24.2 Å². The van der Waals surface area contributed by atoms with Crippen LogP contribution >= 0.6 is 11.3 Å². The number of aromatic carboxylic acids is 1. The quantitative estimate of drug-likeness (QED) is 0.644. The Kier molecular flexibility index (Phi) is 5.60. The highest BCUT2D eigenvalue weighted by molar-refractivity contribution is 7.13. The van der Waals surface area contributed by atoms with Crippen molar-refractivity contribution in [2.24, 2.45) is 0 Å². The van der Waals surface area contributed by atoms with Crippen LogP contribution in [-0.2, 0) is 4.79 Å². The first-order chi connectivity index (χ1) is 14.5. The van der Waals surface area contributed by atoms with Crippen LogP contribution in [0.1, 0.15) is 29.4 Å². The molecule has 1 fully saturated rings. The number of carbonyl (C=O) groups excluding carboxylic acids is 1. The number of halogens is 1. The van der Waals surface area contributed by atoms with Gasteiger partial charge in [0.25, 0.3) is 0 Å². The van der Waals surface area contributed by atoms with E-state index in [9.17, 15) is 19.1 Å². The first-order valence-electron chi connectivity index (χ1n) is 9.38. The van der Waals surface area contributed by atoms with Crippen LogP contribution < -0.4 is 0 Å². The molecule has 4 rings (SSSR count). The van der Waals surface area contributed by atoms with Crippen LogP contribution in [0.4, 0.5) is 4.39 Å².